The Labute approximate surface area is 124 Å². The summed E-state index contributed by atoms with van der Waals surface area (Å²) < 4.78 is 12.7. The Morgan fingerprint density at radius 1 is 1.29 bits per heavy atom. The molecule has 1 atom stereocenters. The molecule has 0 aliphatic rings. The van der Waals surface area contributed by atoms with Gasteiger partial charge in [-0.15, -0.1) is 0 Å². The third kappa shape index (κ3) is 6.17. The number of amides is 1. The predicted octanol–water partition coefficient (Wildman–Crippen LogP) is 2.99. The first-order valence-electron chi connectivity index (χ1n) is 7.04. The van der Waals surface area contributed by atoms with Gasteiger partial charge in [-0.25, -0.2) is 4.39 Å². The molecule has 1 aromatic rings. The summed E-state index contributed by atoms with van der Waals surface area (Å²) >= 11 is 0. The van der Waals surface area contributed by atoms with Crippen molar-refractivity contribution in [3.05, 3.63) is 35.6 Å². The second-order valence-corrected chi connectivity index (χ2v) is 4.82. The van der Waals surface area contributed by atoms with Gasteiger partial charge >= 0.3 is 0 Å². The highest BCUT2D eigenvalue weighted by molar-refractivity contribution is 5.96. The van der Waals surface area contributed by atoms with Gasteiger partial charge in [0.15, 0.2) is 5.78 Å². The molecule has 0 fully saturated rings. The van der Waals surface area contributed by atoms with E-state index in [1.54, 1.807) is 0 Å². The zero-order valence-electron chi connectivity index (χ0n) is 12.1. The van der Waals surface area contributed by atoms with Crippen molar-refractivity contribution in [3.63, 3.8) is 0 Å². The quantitative estimate of drug-likeness (QED) is 0.748. The van der Waals surface area contributed by atoms with E-state index in [0.29, 0.717) is 18.4 Å². The van der Waals surface area contributed by atoms with Crippen LogP contribution in [0, 0.1) is 17.1 Å². The van der Waals surface area contributed by atoms with Gasteiger partial charge in [0.05, 0.1) is 6.07 Å². The SMILES string of the molecule is CCC[C@@H](C#N)NC(=O)CCCC(=O)c1ccc(F)cc1. The monoisotopic (exact) mass is 290 g/mol. The lowest BCUT2D eigenvalue weighted by Gasteiger charge is -2.10. The van der Waals surface area contributed by atoms with E-state index in [0.717, 1.165) is 6.42 Å². The standard InChI is InChI=1S/C16H19FN2O2/c1-2-4-14(11-18)19-16(21)6-3-5-15(20)12-7-9-13(17)10-8-12/h7-10,14H,2-6H2,1H3,(H,19,21)/t14-/m0/s1. The topological polar surface area (TPSA) is 70.0 Å². The van der Waals surface area contributed by atoms with E-state index < -0.39 is 6.04 Å². The van der Waals surface area contributed by atoms with Crippen LogP contribution in [0.1, 0.15) is 49.4 Å². The fourth-order valence-corrected chi connectivity index (χ4v) is 1.91. The highest BCUT2D eigenvalue weighted by Gasteiger charge is 2.11. The molecular formula is C16H19FN2O2. The average Bonchev–Trinajstić information content (AvgIpc) is 2.47. The number of hydrogen-bond acceptors (Lipinski definition) is 3. The predicted molar refractivity (Wildman–Crippen MR) is 77.0 cm³/mol. The molecule has 1 rings (SSSR count). The van der Waals surface area contributed by atoms with Gasteiger partial charge in [-0.2, -0.15) is 5.26 Å². The van der Waals surface area contributed by atoms with E-state index in [9.17, 15) is 14.0 Å². The van der Waals surface area contributed by atoms with Crippen LogP contribution in [-0.4, -0.2) is 17.7 Å². The smallest absolute Gasteiger partial charge is 0.221 e. The summed E-state index contributed by atoms with van der Waals surface area (Å²) in [5.74, 6) is -0.723. The summed E-state index contributed by atoms with van der Waals surface area (Å²) in [7, 11) is 0. The third-order valence-corrected chi connectivity index (χ3v) is 3.04. The van der Waals surface area contributed by atoms with Gasteiger partial charge < -0.3 is 5.32 Å². The molecule has 0 heterocycles. The Morgan fingerprint density at radius 3 is 2.52 bits per heavy atom. The van der Waals surface area contributed by atoms with Crippen LogP contribution in [-0.2, 0) is 4.79 Å². The molecule has 0 aliphatic heterocycles. The minimum atomic E-state index is -0.463. The molecule has 0 radical (unpaired) electrons. The van der Waals surface area contributed by atoms with Gasteiger partial charge in [0.2, 0.25) is 5.91 Å². The van der Waals surface area contributed by atoms with Crippen molar-refractivity contribution < 1.29 is 14.0 Å². The van der Waals surface area contributed by atoms with Crippen molar-refractivity contribution in [1.29, 1.82) is 5.26 Å². The summed E-state index contributed by atoms with van der Waals surface area (Å²) in [5, 5.41) is 11.5. The number of hydrogen-bond donors (Lipinski definition) is 1. The van der Waals surface area contributed by atoms with Crippen LogP contribution in [0.25, 0.3) is 0 Å². The van der Waals surface area contributed by atoms with Crippen molar-refractivity contribution in [1.82, 2.24) is 5.32 Å². The van der Waals surface area contributed by atoms with E-state index >= 15 is 0 Å². The van der Waals surface area contributed by atoms with Crippen LogP contribution in [0.5, 0.6) is 0 Å². The van der Waals surface area contributed by atoms with Crippen LogP contribution in [0.4, 0.5) is 4.39 Å². The maximum Gasteiger partial charge on any atom is 0.221 e. The van der Waals surface area contributed by atoms with Gasteiger partial charge in [0.25, 0.3) is 0 Å². The molecule has 1 aromatic carbocycles. The van der Waals surface area contributed by atoms with Gasteiger partial charge in [0.1, 0.15) is 11.9 Å². The molecule has 0 aromatic heterocycles. The van der Waals surface area contributed by atoms with Gasteiger partial charge in [-0.05, 0) is 37.1 Å². The number of halogens is 1. The number of nitrogens with zero attached hydrogens (tertiary/aromatic N) is 1. The molecule has 0 bridgehead atoms. The molecule has 0 aliphatic carbocycles. The maximum absolute atomic E-state index is 12.7. The van der Waals surface area contributed by atoms with Crippen LogP contribution in [0.15, 0.2) is 24.3 Å². The molecule has 0 saturated carbocycles. The molecule has 1 amide bonds. The first-order valence-corrected chi connectivity index (χ1v) is 7.04. The number of Topliss-reactive ketones (excluding diaryl/α,β-unsaturated/α-hetero) is 1. The lowest BCUT2D eigenvalue weighted by atomic mass is 10.1. The Bertz CT molecular complexity index is 520. The molecule has 112 valence electrons. The fourth-order valence-electron chi connectivity index (χ4n) is 1.91. The zero-order valence-corrected chi connectivity index (χ0v) is 12.1. The summed E-state index contributed by atoms with van der Waals surface area (Å²) in [5.41, 5.74) is 0.442. The summed E-state index contributed by atoms with van der Waals surface area (Å²) in [6, 6.07) is 6.91. The number of nitriles is 1. The van der Waals surface area contributed by atoms with Crippen molar-refractivity contribution >= 4 is 11.7 Å². The minimum absolute atomic E-state index is 0.117. The number of carbonyl (C=O) groups is 2. The molecule has 4 nitrogen and oxygen atoms in total. The van der Waals surface area contributed by atoms with Crippen LogP contribution < -0.4 is 5.32 Å². The normalized spacial score (nSPS) is 11.5. The molecule has 0 saturated heterocycles. The van der Waals surface area contributed by atoms with Gasteiger partial charge in [-0.3, -0.25) is 9.59 Å². The maximum atomic E-state index is 12.7. The zero-order chi connectivity index (χ0) is 15.7. The second kappa shape index (κ2) is 8.85. The van der Waals surface area contributed by atoms with Crippen LogP contribution >= 0.6 is 0 Å². The average molecular weight is 290 g/mol. The first kappa shape index (κ1) is 16.8. The Balaban J connectivity index is 2.33. The van der Waals surface area contributed by atoms with E-state index in [4.69, 9.17) is 5.26 Å². The van der Waals surface area contributed by atoms with E-state index in [2.05, 4.69) is 5.32 Å². The van der Waals surface area contributed by atoms with E-state index in [1.807, 2.05) is 13.0 Å². The summed E-state index contributed by atoms with van der Waals surface area (Å²) in [4.78, 5) is 23.4. The largest absolute Gasteiger partial charge is 0.340 e. The fraction of sp³-hybridized carbons (Fsp3) is 0.438. The highest BCUT2D eigenvalue weighted by Crippen LogP contribution is 2.08. The number of nitrogens with one attached hydrogen (secondary N) is 1. The Kier molecular flexibility index (Phi) is 7.10. The molecule has 5 heteroatoms. The lowest BCUT2D eigenvalue weighted by molar-refractivity contribution is -0.121. The van der Waals surface area contributed by atoms with Crippen molar-refractivity contribution in [3.8, 4) is 6.07 Å². The van der Waals surface area contributed by atoms with Crippen LogP contribution in [0.2, 0.25) is 0 Å². The molecule has 0 unspecified atom stereocenters. The van der Waals surface area contributed by atoms with Crippen molar-refractivity contribution in [2.75, 3.05) is 0 Å². The van der Waals surface area contributed by atoms with Crippen LogP contribution in [0.3, 0.4) is 0 Å². The number of carbonyl (C=O) groups excluding carboxylic acids is 2. The molecular weight excluding hydrogens is 271 g/mol. The Morgan fingerprint density at radius 2 is 1.95 bits per heavy atom. The molecule has 0 spiro atoms. The first-order chi connectivity index (χ1) is 10.1. The summed E-state index contributed by atoms with van der Waals surface area (Å²) in [6.45, 7) is 1.94. The second-order valence-electron chi connectivity index (χ2n) is 4.82. The van der Waals surface area contributed by atoms with Crippen molar-refractivity contribution in [2.45, 2.75) is 45.1 Å². The summed E-state index contributed by atoms with van der Waals surface area (Å²) in [6.07, 6.45) is 2.28. The molecule has 1 N–H and O–H groups in total. The number of benzene rings is 1. The third-order valence-electron chi connectivity index (χ3n) is 3.04. The molecule has 21 heavy (non-hydrogen) atoms. The highest BCUT2D eigenvalue weighted by atomic mass is 19.1. The lowest BCUT2D eigenvalue weighted by Crippen LogP contribution is -2.33. The minimum Gasteiger partial charge on any atom is -0.340 e. The van der Waals surface area contributed by atoms with Crippen molar-refractivity contribution in [2.24, 2.45) is 0 Å². The number of rotatable bonds is 8. The van der Waals surface area contributed by atoms with E-state index in [-0.39, 0.29) is 30.3 Å². The number of ketones is 1. The Hall–Kier alpha value is -2.22. The van der Waals surface area contributed by atoms with Gasteiger partial charge in [0, 0.05) is 18.4 Å². The van der Waals surface area contributed by atoms with E-state index in [1.165, 1.54) is 24.3 Å². The van der Waals surface area contributed by atoms with Gasteiger partial charge in [-0.1, -0.05) is 13.3 Å².